The van der Waals surface area contributed by atoms with E-state index < -0.39 is 5.60 Å². The van der Waals surface area contributed by atoms with Crippen molar-refractivity contribution in [1.29, 1.82) is 0 Å². The monoisotopic (exact) mass is 300 g/mol. The van der Waals surface area contributed by atoms with Gasteiger partial charge >= 0.3 is 0 Å². The molecular weight excluding hydrogens is 272 g/mol. The number of carbonyl (C=O) groups is 2. The Morgan fingerprint density at radius 3 is 2.86 bits per heavy atom. The van der Waals surface area contributed by atoms with Gasteiger partial charge in [0.1, 0.15) is 0 Å². The van der Waals surface area contributed by atoms with Gasteiger partial charge < -0.3 is 20.4 Å². The molecule has 6 nitrogen and oxygen atoms in total. The predicted molar refractivity (Wildman–Crippen MR) is 79.6 cm³/mol. The molecule has 6 heteroatoms. The first-order valence-electron chi connectivity index (χ1n) is 7.82. The van der Waals surface area contributed by atoms with Crippen molar-refractivity contribution < 1.29 is 19.8 Å². The second-order valence-corrected chi connectivity index (χ2v) is 6.04. The van der Waals surface area contributed by atoms with E-state index in [9.17, 15) is 14.7 Å². The third-order valence-corrected chi connectivity index (χ3v) is 3.82. The van der Waals surface area contributed by atoms with Crippen LogP contribution >= 0.6 is 0 Å². The summed E-state index contributed by atoms with van der Waals surface area (Å²) in [5.41, 5.74) is -1.00. The van der Waals surface area contributed by atoms with Gasteiger partial charge in [0.15, 0.2) is 0 Å². The Hall–Kier alpha value is -1.14. The molecule has 1 aliphatic heterocycles. The summed E-state index contributed by atoms with van der Waals surface area (Å²) in [6, 6.07) is 0. The Kier molecular flexibility index (Phi) is 7.67. The minimum atomic E-state index is -1.00. The van der Waals surface area contributed by atoms with Crippen LogP contribution in [-0.2, 0) is 9.59 Å². The fourth-order valence-electron chi connectivity index (χ4n) is 2.44. The van der Waals surface area contributed by atoms with Crippen LogP contribution in [0.1, 0.15) is 51.9 Å². The van der Waals surface area contributed by atoms with Crippen LogP contribution in [0.15, 0.2) is 0 Å². The normalized spacial score (nSPS) is 19.0. The minimum Gasteiger partial charge on any atom is -0.396 e. The second-order valence-electron chi connectivity index (χ2n) is 6.04. The number of nitrogens with zero attached hydrogens (tertiary/aromatic N) is 1. The maximum absolute atomic E-state index is 11.8. The van der Waals surface area contributed by atoms with E-state index in [0.717, 1.165) is 25.8 Å². The largest absolute Gasteiger partial charge is 0.396 e. The zero-order valence-corrected chi connectivity index (χ0v) is 12.9. The van der Waals surface area contributed by atoms with Gasteiger partial charge in [0.25, 0.3) is 0 Å². The number of likely N-dealkylation sites (tertiary alicyclic amines) is 1. The van der Waals surface area contributed by atoms with Crippen molar-refractivity contribution in [2.45, 2.75) is 57.5 Å². The standard InChI is InChI=1S/C15H28N2O4/c1-15(21,8-5-11-18)12-16-13(19)7-10-17-9-4-2-3-6-14(17)20/h18,21H,2-12H2,1H3,(H,16,19). The van der Waals surface area contributed by atoms with Gasteiger partial charge in [-0.3, -0.25) is 9.59 Å². The van der Waals surface area contributed by atoms with Crippen molar-refractivity contribution in [1.82, 2.24) is 10.2 Å². The molecule has 1 heterocycles. The highest BCUT2D eigenvalue weighted by molar-refractivity contribution is 5.79. The molecule has 1 unspecified atom stereocenters. The number of hydrogen-bond acceptors (Lipinski definition) is 4. The molecule has 0 aromatic carbocycles. The Morgan fingerprint density at radius 2 is 2.14 bits per heavy atom. The summed E-state index contributed by atoms with van der Waals surface area (Å²) in [7, 11) is 0. The third kappa shape index (κ3) is 7.43. The lowest BCUT2D eigenvalue weighted by Crippen LogP contribution is -2.42. The molecule has 0 radical (unpaired) electrons. The highest BCUT2D eigenvalue weighted by Gasteiger charge is 2.21. The number of hydrogen-bond donors (Lipinski definition) is 3. The molecule has 122 valence electrons. The molecule has 1 atom stereocenters. The topological polar surface area (TPSA) is 89.9 Å². The molecule has 1 rings (SSSR count). The van der Waals surface area contributed by atoms with E-state index in [1.807, 2.05) is 0 Å². The average Bonchev–Trinajstić information content (AvgIpc) is 2.65. The SMILES string of the molecule is CC(O)(CCCO)CNC(=O)CCN1CCCCCC1=O. The molecule has 0 spiro atoms. The average molecular weight is 300 g/mol. The number of aliphatic hydroxyl groups excluding tert-OH is 1. The molecule has 0 saturated carbocycles. The second kappa shape index (κ2) is 9.00. The molecule has 2 amide bonds. The van der Waals surface area contributed by atoms with Crippen molar-refractivity contribution in [3.63, 3.8) is 0 Å². The summed E-state index contributed by atoms with van der Waals surface area (Å²) in [5, 5.41) is 21.4. The predicted octanol–water partition coefficient (Wildman–Crippen LogP) is 0.419. The fourth-order valence-corrected chi connectivity index (χ4v) is 2.44. The molecule has 1 aliphatic rings. The highest BCUT2D eigenvalue weighted by Crippen LogP contribution is 2.12. The van der Waals surface area contributed by atoms with Crippen molar-refractivity contribution in [2.24, 2.45) is 0 Å². The number of amides is 2. The maximum atomic E-state index is 11.8. The zero-order chi connectivity index (χ0) is 15.7. The lowest BCUT2D eigenvalue weighted by molar-refractivity contribution is -0.131. The van der Waals surface area contributed by atoms with Crippen molar-refractivity contribution in [3.8, 4) is 0 Å². The first kappa shape index (κ1) is 17.9. The smallest absolute Gasteiger partial charge is 0.222 e. The minimum absolute atomic E-state index is 0.0289. The Morgan fingerprint density at radius 1 is 1.38 bits per heavy atom. The van der Waals surface area contributed by atoms with Gasteiger partial charge in [-0.2, -0.15) is 0 Å². The number of carbonyl (C=O) groups excluding carboxylic acids is 2. The number of aliphatic hydroxyl groups is 2. The van der Waals surface area contributed by atoms with E-state index in [-0.39, 0.29) is 31.4 Å². The van der Waals surface area contributed by atoms with E-state index in [4.69, 9.17) is 5.11 Å². The molecule has 0 aromatic heterocycles. The number of nitrogens with one attached hydrogen (secondary N) is 1. The molecule has 3 N–H and O–H groups in total. The molecule has 0 aromatic rings. The number of rotatable bonds is 8. The Bertz CT molecular complexity index is 345. The van der Waals surface area contributed by atoms with Crippen molar-refractivity contribution >= 4 is 11.8 Å². The van der Waals surface area contributed by atoms with Crippen molar-refractivity contribution in [2.75, 3.05) is 26.2 Å². The molecule has 1 fully saturated rings. The van der Waals surface area contributed by atoms with Crippen LogP contribution < -0.4 is 5.32 Å². The van der Waals surface area contributed by atoms with Gasteiger partial charge in [0, 0.05) is 39.1 Å². The van der Waals surface area contributed by atoms with Crippen LogP contribution in [0.2, 0.25) is 0 Å². The summed E-state index contributed by atoms with van der Waals surface area (Å²) in [6.45, 7) is 3.02. The molecule has 0 aliphatic carbocycles. The first-order valence-corrected chi connectivity index (χ1v) is 7.82. The quantitative estimate of drug-likeness (QED) is 0.606. The van der Waals surface area contributed by atoms with Gasteiger partial charge in [-0.15, -0.1) is 0 Å². The van der Waals surface area contributed by atoms with Gasteiger partial charge in [-0.1, -0.05) is 6.42 Å². The van der Waals surface area contributed by atoms with E-state index in [1.165, 1.54) is 0 Å². The van der Waals surface area contributed by atoms with E-state index in [2.05, 4.69) is 5.32 Å². The van der Waals surface area contributed by atoms with Crippen LogP contribution in [0.25, 0.3) is 0 Å². The summed E-state index contributed by atoms with van der Waals surface area (Å²) in [4.78, 5) is 25.3. The molecule has 0 bridgehead atoms. The molecule has 1 saturated heterocycles. The van der Waals surface area contributed by atoms with E-state index >= 15 is 0 Å². The van der Waals surface area contributed by atoms with Crippen LogP contribution in [0, 0.1) is 0 Å². The van der Waals surface area contributed by atoms with Gasteiger partial charge in [-0.25, -0.2) is 0 Å². The van der Waals surface area contributed by atoms with E-state index in [1.54, 1.807) is 11.8 Å². The summed E-state index contributed by atoms with van der Waals surface area (Å²) in [5.74, 6) is -0.0217. The van der Waals surface area contributed by atoms with Crippen LogP contribution in [0.5, 0.6) is 0 Å². The lowest BCUT2D eigenvalue weighted by Gasteiger charge is -2.24. The zero-order valence-electron chi connectivity index (χ0n) is 12.9. The molecule has 21 heavy (non-hydrogen) atoms. The van der Waals surface area contributed by atoms with Crippen LogP contribution in [0.4, 0.5) is 0 Å². The maximum Gasteiger partial charge on any atom is 0.222 e. The Labute approximate surface area is 126 Å². The molecular formula is C15H28N2O4. The van der Waals surface area contributed by atoms with Crippen LogP contribution in [-0.4, -0.2) is 58.8 Å². The summed E-state index contributed by atoms with van der Waals surface area (Å²) < 4.78 is 0. The van der Waals surface area contributed by atoms with Gasteiger partial charge in [0.05, 0.1) is 5.60 Å². The fraction of sp³-hybridized carbons (Fsp3) is 0.867. The van der Waals surface area contributed by atoms with Crippen LogP contribution in [0.3, 0.4) is 0 Å². The summed E-state index contributed by atoms with van der Waals surface area (Å²) in [6.07, 6.45) is 4.81. The van der Waals surface area contributed by atoms with Gasteiger partial charge in [-0.05, 0) is 32.6 Å². The third-order valence-electron chi connectivity index (χ3n) is 3.82. The Balaban J connectivity index is 2.25. The lowest BCUT2D eigenvalue weighted by atomic mass is 10.0. The van der Waals surface area contributed by atoms with E-state index in [0.29, 0.717) is 25.8 Å². The summed E-state index contributed by atoms with van der Waals surface area (Å²) >= 11 is 0. The highest BCUT2D eigenvalue weighted by atomic mass is 16.3. The first-order chi connectivity index (χ1) is 9.94. The van der Waals surface area contributed by atoms with Gasteiger partial charge in [0.2, 0.25) is 11.8 Å². The van der Waals surface area contributed by atoms with Crippen molar-refractivity contribution in [3.05, 3.63) is 0 Å².